The van der Waals surface area contributed by atoms with E-state index in [-0.39, 0.29) is 6.04 Å². The van der Waals surface area contributed by atoms with Crippen LogP contribution in [0.3, 0.4) is 0 Å². The number of hydrogen-bond acceptors (Lipinski definition) is 3. The highest BCUT2D eigenvalue weighted by atomic mass is 16.3. The molecule has 2 heterocycles. The number of hydrogen-bond donors (Lipinski definition) is 1. The third kappa shape index (κ3) is 1.76. The Bertz CT molecular complexity index is 484. The van der Waals surface area contributed by atoms with E-state index in [1.807, 2.05) is 44.9 Å². The van der Waals surface area contributed by atoms with E-state index in [0.29, 0.717) is 0 Å². The van der Waals surface area contributed by atoms with E-state index in [2.05, 4.69) is 16.5 Å². The molecule has 0 radical (unpaired) electrons. The van der Waals surface area contributed by atoms with Gasteiger partial charge in [-0.3, -0.25) is 4.68 Å². The zero-order chi connectivity index (χ0) is 11.7. The second-order valence-electron chi connectivity index (χ2n) is 3.97. The highest BCUT2D eigenvalue weighted by Crippen LogP contribution is 2.26. The van der Waals surface area contributed by atoms with Gasteiger partial charge in [0.2, 0.25) is 0 Å². The molecule has 0 amide bonds. The molecule has 16 heavy (non-hydrogen) atoms. The maximum atomic E-state index is 5.57. The van der Waals surface area contributed by atoms with Crippen molar-refractivity contribution in [3.05, 3.63) is 41.1 Å². The summed E-state index contributed by atoms with van der Waals surface area (Å²) in [6.07, 6.45) is 1.81. The molecule has 4 heteroatoms. The monoisotopic (exact) mass is 219 g/mol. The van der Waals surface area contributed by atoms with Gasteiger partial charge in [-0.05, 0) is 33.0 Å². The van der Waals surface area contributed by atoms with Crippen LogP contribution in [0.15, 0.2) is 22.7 Å². The minimum atomic E-state index is 0.130. The van der Waals surface area contributed by atoms with Crippen molar-refractivity contribution >= 4 is 0 Å². The van der Waals surface area contributed by atoms with E-state index in [1.165, 1.54) is 5.56 Å². The van der Waals surface area contributed by atoms with Gasteiger partial charge in [0.05, 0.1) is 11.7 Å². The number of aromatic nitrogens is 2. The summed E-state index contributed by atoms with van der Waals surface area (Å²) in [5, 5.41) is 7.49. The molecule has 1 atom stereocenters. The molecular formula is C12H17N3O. The predicted molar refractivity (Wildman–Crippen MR) is 62.3 cm³/mol. The molecule has 1 N–H and O–H groups in total. The summed E-state index contributed by atoms with van der Waals surface area (Å²) in [4.78, 5) is 0. The number of aryl methyl sites for hydroxylation is 3. The molecule has 0 bridgehead atoms. The second kappa shape index (κ2) is 4.14. The van der Waals surface area contributed by atoms with Gasteiger partial charge < -0.3 is 9.73 Å². The Hall–Kier alpha value is -1.55. The van der Waals surface area contributed by atoms with Crippen LogP contribution in [0.4, 0.5) is 0 Å². The van der Waals surface area contributed by atoms with Crippen LogP contribution in [-0.4, -0.2) is 16.8 Å². The van der Waals surface area contributed by atoms with Crippen LogP contribution >= 0.6 is 0 Å². The zero-order valence-corrected chi connectivity index (χ0v) is 10.1. The van der Waals surface area contributed by atoms with Crippen molar-refractivity contribution < 1.29 is 4.42 Å². The fourth-order valence-corrected chi connectivity index (χ4v) is 2.07. The van der Waals surface area contributed by atoms with Gasteiger partial charge in [-0.15, -0.1) is 0 Å². The lowest BCUT2D eigenvalue weighted by Gasteiger charge is -2.15. The highest BCUT2D eigenvalue weighted by Gasteiger charge is 2.19. The van der Waals surface area contributed by atoms with E-state index < -0.39 is 0 Å². The molecule has 0 aliphatic carbocycles. The van der Waals surface area contributed by atoms with Crippen molar-refractivity contribution in [2.45, 2.75) is 19.9 Å². The van der Waals surface area contributed by atoms with Crippen LogP contribution in [0.1, 0.15) is 28.8 Å². The van der Waals surface area contributed by atoms with E-state index in [1.54, 1.807) is 0 Å². The molecule has 0 fully saturated rings. The molecule has 2 aromatic heterocycles. The first kappa shape index (κ1) is 11.0. The number of furan rings is 1. The minimum absolute atomic E-state index is 0.130. The Labute approximate surface area is 95.3 Å². The van der Waals surface area contributed by atoms with Gasteiger partial charge in [-0.25, -0.2) is 0 Å². The molecule has 86 valence electrons. The molecule has 0 aromatic carbocycles. The van der Waals surface area contributed by atoms with Gasteiger partial charge in [-0.2, -0.15) is 5.10 Å². The maximum absolute atomic E-state index is 5.57. The Morgan fingerprint density at radius 1 is 1.44 bits per heavy atom. The average Bonchev–Trinajstić information content (AvgIpc) is 2.77. The van der Waals surface area contributed by atoms with Crippen LogP contribution in [0.2, 0.25) is 0 Å². The zero-order valence-electron chi connectivity index (χ0n) is 10.1. The first-order valence-corrected chi connectivity index (χ1v) is 5.35. The largest absolute Gasteiger partial charge is 0.466 e. The summed E-state index contributed by atoms with van der Waals surface area (Å²) in [6, 6.07) is 4.22. The van der Waals surface area contributed by atoms with Gasteiger partial charge >= 0.3 is 0 Å². The Morgan fingerprint density at radius 3 is 2.62 bits per heavy atom. The van der Waals surface area contributed by atoms with E-state index in [0.717, 1.165) is 17.2 Å². The highest BCUT2D eigenvalue weighted by molar-refractivity contribution is 5.31. The third-order valence-electron chi connectivity index (χ3n) is 2.83. The molecule has 1 unspecified atom stereocenters. The van der Waals surface area contributed by atoms with Crippen LogP contribution in [0.25, 0.3) is 0 Å². The van der Waals surface area contributed by atoms with Gasteiger partial charge in [0, 0.05) is 18.8 Å². The molecule has 4 nitrogen and oxygen atoms in total. The van der Waals surface area contributed by atoms with Gasteiger partial charge in [0.25, 0.3) is 0 Å². The van der Waals surface area contributed by atoms with Gasteiger partial charge in [-0.1, -0.05) is 0 Å². The summed E-state index contributed by atoms with van der Waals surface area (Å²) in [6.45, 7) is 3.95. The van der Waals surface area contributed by atoms with Crippen LogP contribution in [0, 0.1) is 13.8 Å². The Balaban J connectivity index is 2.44. The van der Waals surface area contributed by atoms with Crippen molar-refractivity contribution in [1.29, 1.82) is 0 Å². The van der Waals surface area contributed by atoms with Crippen molar-refractivity contribution in [2.24, 2.45) is 7.05 Å². The standard InChI is InChI=1S/C12H17N3O/c1-8-7-10(9(2)16-8)12(13-3)11-5-6-14-15(11)4/h5-7,12-13H,1-4H3. The summed E-state index contributed by atoms with van der Waals surface area (Å²) in [7, 11) is 3.89. The van der Waals surface area contributed by atoms with Crippen molar-refractivity contribution in [2.75, 3.05) is 7.05 Å². The summed E-state index contributed by atoms with van der Waals surface area (Å²) in [5.41, 5.74) is 2.30. The first-order valence-electron chi connectivity index (χ1n) is 5.35. The van der Waals surface area contributed by atoms with Crippen LogP contribution in [-0.2, 0) is 7.05 Å². The Kier molecular flexibility index (Phi) is 2.83. The SMILES string of the molecule is CNC(c1cc(C)oc1C)c1ccnn1C. The van der Waals surface area contributed by atoms with E-state index in [9.17, 15) is 0 Å². The lowest BCUT2D eigenvalue weighted by molar-refractivity contribution is 0.494. The molecule has 2 rings (SSSR count). The van der Waals surface area contributed by atoms with E-state index >= 15 is 0 Å². The quantitative estimate of drug-likeness (QED) is 0.857. The molecule has 0 aliphatic heterocycles. The Morgan fingerprint density at radius 2 is 2.19 bits per heavy atom. The van der Waals surface area contributed by atoms with Gasteiger partial charge in [0.15, 0.2) is 0 Å². The number of rotatable bonds is 3. The van der Waals surface area contributed by atoms with Crippen LogP contribution in [0.5, 0.6) is 0 Å². The molecule has 0 saturated heterocycles. The fraction of sp³-hybridized carbons (Fsp3) is 0.417. The topological polar surface area (TPSA) is 43.0 Å². The van der Waals surface area contributed by atoms with E-state index in [4.69, 9.17) is 4.42 Å². The molecule has 0 aliphatic rings. The van der Waals surface area contributed by atoms with Crippen molar-refractivity contribution in [3.8, 4) is 0 Å². The molecule has 0 saturated carbocycles. The number of nitrogens with zero attached hydrogens (tertiary/aromatic N) is 2. The summed E-state index contributed by atoms with van der Waals surface area (Å²) >= 11 is 0. The van der Waals surface area contributed by atoms with Crippen molar-refractivity contribution in [3.63, 3.8) is 0 Å². The lowest BCUT2D eigenvalue weighted by Crippen LogP contribution is -2.20. The normalized spacial score (nSPS) is 13.0. The van der Waals surface area contributed by atoms with Gasteiger partial charge in [0.1, 0.15) is 11.5 Å². The summed E-state index contributed by atoms with van der Waals surface area (Å²) in [5.74, 6) is 1.90. The summed E-state index contributed by atoms with van der Waals surface area (Å²) < 4.78 is 7.44. The molecule has 2 aromatic rings. The lowest BCUT2D eigenvalue weighted by atomic mass is 10.0. The first-order chi connectivity index (χ1) is 7.63. The van der Waals surface area contributed by atoms with Crippen LogP contribution < -0.4 is 5.32 Å². The maximum Gasteiger partial charge on any atom is 0.106 e. The fourth-order valence-electron chi connectivity index (χ4n) is 2.07. The molecule has 0 spiro atoms. The second-order valence-corrected chi connectivity index (χ2v) is 3.97. The number of nitrogens with one attached hydrogen (secondary N) is 1. The smallest absolute Gasteiger partial charge is 0.106 e. The average molecular weight is 219 g/mol. The molecular weight excluding hydrogens is 202 g/mol. The van der Waals surface area contributed by atoms with Crippen molar-refractivity contribution in [1.82, 2.24) is 15.1 Å². The predicted octanol–water partition coefficient (Wildman–Crippen LogP) is 1.94. The minimum Gasteiger partial charge on any atom is -0.466 e. The third-order valence-corrected chi connectivity index (χ3v) is 2.83.